The minimum atomic E-state index is -0.0349. The van der Waals surface area contributed by atoms with Crippen molar-refractivity contribution in [3.63, 3.8) is 0 Å². The molecule has 0 spiro atoms. The van der Waals surface area contributed by atoms with Crippen molar-refractivity contribution in [3.05, 3.63) is 33.8 Å². The van der Waals surface area contributed by atoms with Crippen LogP contribution >= 0.6 is 15.9 Å². The van der Waals surface area contributed by atoms with Crippen LogP contribution in [0.2, 0.25) is 0 Å². The third-order valence-electron chi connectivity index (χ3n) is 2.31. The van der Waals surface area contributed by atoms with Crippen LogP contribution in [0.4, 0.5) is 0 Å². The molecule has 0 aliphatic carbocycles. The van der Waals surface area contributed by atoms with E-state index in [1.807, 2.05) is 32.0 Å². The van der Waals surface area contributed by atoms with Gasteiger partial charge in [0.15, 0.2) is 0 Å². The number of halogens is 1. The maximum Gasteiger partial charge on any atom is 0.255 e. The number of nitrogens with zero attached hydrogens (tertiary/aromatic N) is 1. The highest BCUT2D eigenvalue weighted by Crippen LogP contribution is 2.19. The summed E-state index contributed by atoms with van der Waals surface area (Å²) in [4.78, 5) is 13.7. The fourth-order valence-corrected chi connectivity index (χ4v) is 2.06. The first-order valence-corrected chi connectivity index (χ1v) is 5.88. The molecule has 0 radical (unpaired) electrons. The van der Waals surface area contributed by atoms with Crippen molar-refractivity contribution in [2.24, 2.45) is 0 Å². The molecule has 84 valence electrons. The number of terminal acetylenes is 1. The molecule has 1 aromatic rings. The van der Waals surface area contributed by atoms with E-state index in [4.69, 9.17) is 6.42 Å². The molecule has 0 saturated carbocycles. The molecule has 1 amide bonds. The summed E-state index contributed by atoms with van der Waals surface area (Å²) in [5.41, 5.74) is 1.77. The predicted octanol–water partition coefficient (Wildman–Crippen LogP) is 2.85. The SMILES string of the molecule is C#CCN(CC)C(=O)c1ccc(C)cc1Br. The Hall–Kier alpha value is -1.27. The Morgan fingerprint density at radius 2 is 2.25 bits per heavy atom. The van der Waals surface area contributed by atoms with E-state index in [1.165, 1.54) is 0 Å². The van der Waals surface area contributed by atoms with E-state index in [2.05, 4.69) is 21.9 Å². The Bertz CT molecular complexity index is 434. The highest BCUT2D eigenvalue weighted by molar-refractivity contribution is 9.10. The van der Waals surface area contributed by atoms with Crippen LogP contribution in [0.1, 0.15) is 22.8 Å². The van der Waals surface area contributed by atoms with E-state index >= 15 is 0 Å². The molecule has 1 aromatic carbocycles. The van der Waals surface area contributed by atoms with Gasteiger partial charge in [-0.15, -0.1) is 6.42 Å². The lowest BCUT2D eigenvalue weighted by Gasteiger charge is -2.18. The standard InChI is InChI=1S/C13H14BrNO/c1-4-8-15(5-2)13(16)11-7-6-10(3)9-12(11)14/h1,6-7,9H,5,8H2,2-3H3. The molecule has 0 aliphatic heterocycles. The summed E-state index contributed by atoms with van der Waals surface area (Å²) >= 11 is 3.40. The molecule has 0 heterocycles. The van der Waals surface area contributed by atoms with Crippen LogP contribution in [0.5, 0.6) is 0 Å². The van der Waals surface area contributed by atoms with Crippen molar-refractivity contribution >= 4 is 21.8 Å². The Balaban J connectivity index is 3.00. The van der Waals surface area contributed by atoms with Gasteiger partial charge in [-0.25, -0.2) is 0 Å². The number of aryl methyl sites for hydroxylation is 1. The zero-order valence-electron chi connectivity index (χ0n) is 9.46. The molecule has 0 aliphatic rings. The van der Waals surface area contributed by atoms with Crippen LogP contribution in [0.25, 0.3) is 0 Å². The molecule has 0 saturated heterocycles. The van der Waals surface area contributed by atoms with Crippen LogP contribution in [0.15, 0.2) is 22.7 Å². The third-order valence-corrected chi connectivity index (χ3v) is 2.96. The summed E-state index contributed by atoms with van der Waals surface area (Å²) in [6.07, 6.45) is 5.23. The van der Waals surface area contributed by atoms with Crippen LogP contribution in [0, 0.1) is 19.3 Å². The lowest BCUT2D eigenvalue weighted by Crippen LogP contribution is -2.31. The smallest absolute Gasteiger partial charge is 0.255 e. The fourth-order valence-electron chi connectivity index (χ4n) is 1.40. The van der Waals surface area contributed by atoms with E-state index in [9.17, 15) is 4.79 Å². The molecular formula is C13H14BrNO. The second-order valence-electron chi connectivity index (χ2n) is 3.51. The van der Waals surface area contributed by atoms with Gasteiger partial charge in [-0.1, -0.05) is 12.0 Å². The van der Waals surface area contributed by atoms with Crippen molar-refractivity contribution in [2.45, 2.75) is 13.8 Å². The minimum absolute atomic E-state index is 0.0349. The molecule has 0 aromatic heterocycles. The molecule has 1 rings (SSSR count). The lowest BCUT2D eigenvalue weighted by molar-refractivity contribution is 0.0784. The second kappa shape index (κ2) is 5.72. The Kier molecular flexibility index (Phi) is 4.57. The van der Waals surface area contributed by atoms with Crippen LogP contribution < -0.4 is 0 Å². The number of amides is 1. The molecule has 0 fully saturated rings. The van der Waals surface area contributed by atoms with Gasteiger partial charge in [0.05, 0.1) is 12.1 Å². The number of hydrogen-bond donors (Lipinski definition) is 0. The maximum atomic E-state index is 12.1. The summed E-state index contributed by atoms with van der Waals surface area (Å²) in [5, 5.41) is 0. The largest absolute Gasteiger partial charge is 0.328 e. The molecule has 0 atom stereocenters. The normalized spacial score (nSPS) is 9.62. The highest BCUT2D eigenvalue weighted by Gasteiger charge is 2.15. The Morgan fingerprint density at radius 3 is 2.75 bits per heavy atom. The molecule has 0 unspecified atom stereocenters. The van der Waals surface area contributed by atoms with Gasteiger partial charge in [0, 0.05) is 11.0 Å². The molecule has 2 nitrogen and oxygen atoms in total. The zero-order chi connectivity index (χ0) is 12.1. The van der Waals surface area contributed by atoms with Crippen LogP contribution in [-0.4, -0.2) is 23.9 Å². The van der Waals surface area contributed by atoms with Crippen LogP contribution in [-0.2, 0) is 0 Å². The topological polar surface area (TPSA) is 20.3 Å². The summed E-state index contributed by atoms with van der Waals surface area (Å²) in [6.45, 7) is 4.86. The van der Waals surface area contributed by atoms with Gasteiger partial charge < -0.3 is 4.90 Å². The monoisotopic (exact) mass is 279 g/mol. The summed E-state index contributed by atoms with van der Waals surface area (Å²) in [5.74, 6) is 2.46. The number of hydrogen-bond acceptors (Lipinski definition) is 1. The van der Waals surface area contributed by atoms with E-state index < -0.39 is 0 Å². The summed E-state index contributed by atoms with van der Waals surface area (Å²) in [7, 11) is 0. The average Bonchev–Trinajstić information content (AvgIpc) is 2.25. The first kappa shape index (κ1) is 12.8. The highest BCUT2D eigenvalue weighted by atomic mass is 79.9. The molecule has 3 heteroatoms. The van der Waals surface area contributed by atoms with E-state index in [-0.39, 0.29) is 5.91 Å². The molecular weight excluding hydrogens is 266 g/mol. The molecule has 0 N–H and O–H groups in total. The summed E-state index contributed by atoms with van der Waals surface area (Å²) in [6, 6.07) is 5.67. The van der Waals surface area contributed by atoms with E-state index in [0.717, 1.165) is 10.0 Å². The predicted molar refractivity (Wildman–Crippen MR) is 69.3 cm³/mol. The first-order chi connectivity index (χ1) is 7.60. The van der Waals surface area contributed by atoms with Crippen molar-refractivity contribution in [3.8, 4) is 12.3 Å². The first-order valence-electron chi connectivity index (χ1n) is 5.09. The maximum absolute atomic E-state index is 12.1. The Labute approximate surface area is 105 Å². The van der Waals surface area contributed by atoms with Gasteiger partial charge in [0.2, 0.25) is 0 Å². The van der Waals surface area contributed by atoms with Gasteiger partial charge in [-0.05, 0) is 47.5 Å². The van der Waals surface area contributed by atoms with E-state index in [1.54, 1.807) is 4.90 Å². The average molecular weight is 280 g/mol. The number of carbonyl (C=O) groups is 1. The second-order valence-corrected chi connectivity index (χ2v) is 4.36. The molecule has 16 heavy (non-hydrogen) atoms. The zero-order valence-corrected chi connectivity index (χ0v) is 11.0. The van der Waals surface area contributed by atoms with Crippen molar-refractivity contribution in [1.82, 2.24) is 4.90 Å². The number of carbonyl (C=O) groups excluding carboxylic acids is 1. The molecule has 0 bridgehead atoms. The van der Waals surface area contributed by atoms with Crippen molar-refractivity contribution < 1.29 is 4.79 Å². The van der Waals surface area contributed by atoms with Gasteiger partial charge in [-0.2, -0.15) is 0 Å². The van der Waals surface area contributed by atoms with Gasteiger partial charge in [-0.3, -0.25) is 4.79 Å². The quantitative estimate of drug-likeness (QED) is 0.780. The Morgan fingerprint density at radius 1 is 1.56 bits per heavy atom. The fraction of sp³-hybridized carbons (Fsp3) is 0.308. The minimum Gasteiger partial charge on any atom is -0.328 e. The summed E-state index contributed by atoms with van der Waals surface area (Å²) < 4.78 is 0.813. The van der Waals surface area contributed by atoms with Crippen molar-refractivity contribution in [1.29, 1.82) is 0 Å². The van der Waals surface area contributed by atoms with Crippen LogP contribution in [0.3, 0.4) is 0 Å². The lowest BCUT2D eigenvalue weighted by atomic mass is 10.1. The van der Waals surface area contributed by atoms with Gasteiger partial charge in [0.25, 0.3) is 5.91 Å². The van der Waals surface area contributed by atoms with Gasteiger partial charge >= 0.3 is 0 Å². The number of benzene rings is 1. The number of rotatable bonds is 3. The third kappa shape index (κ3) is 2.86. The van der Waals surface area contributed by atoms with Crippen molar-refractivity contribution in [2.75, 3.05) is 13.1 Å². The van der Waals surface area contributed by atoms with Gasteiger partial charge in [0.1, 0.15) is 0 Å². The van der Waals surface area contributed by atoms with E-state index in [0.29, 0.717) is 18.7 Å².